The summed E-state index contributed by atoms with van der Waals surface area (Å²) in [6.45, 7) is 5.61. The fraction of sp³-hybridized carbons (Fsp3) is 0.231. The molecule has 17 heavy (non-hydrogen) atoms. The lowest BCUT2D eigenvalue weighted by molar-refractivity contribution is 1.03. The van der Waals surface area contributed by atoms with Crippen LogP contribution in [0.2, 0.25) is 0 Å². The Labute approximate surface area is 99.7 Å². The number of benzene rings is 1. The fourth-order valence-electron chi connectivity index (χ4n) is 1.48. The number of aromatic amines is 1. The van der Waals surface area contributed by atoms with Gasteiger partial charge in [0.05, 0.1) is 0 Å². The Kier molecular flexibility index (Phi) is 2.95. The van der Waals surface area contributed by atoms with Crippen molar-refractivity contribution in [3.8, 4) is 0 Å². The third kappa shape index (κ3) is 2.53. The molecule has 0 aliphatic carbocycles. The van der Waals surface area contributed by atoms with Crippen molar-refractivity contribution in [2.45, 2.75) is 20.8 Å². The van der Waals surface area contributed by atoms with Crippen LogP contribution in [0.15, 0.2) is 29.1 Å². The van der Waals surface area contributed by atoms with Crippen LogP contribution in [0.4, 0.5) is 11.6 Å². The van der Waals surface area contributed by atoms with E-state index < -0.39 is 0 Å². The fourth-order valence-corrected chi connectivity index (χ4v) is 1.48. The van der Waals surface area contributed by atoms with Crippen LogP contribution < -0.4 is 10.9 Å². The highest BCUT2D eigenvalue weighted by Crippen LogP contribution is 2.13. The van der Waals surface area contributed by atoms with Gasteiger partial charge in [-0.1, -0.05) is 17.7 Å². The van der Waals surface area contributed by atoms with Crippen LogP contribution in [0.25, 0.3) is 0 Å². The van der Waals surface area contributed by atoms with Crippen LogP contribution in [-0.4, -0.2) is 9.97 Å². The third-order valence-electron chi connectivity index (χ3n) is 2.71. The van der Waals surface area contributed by atoms with Gasteiger partial charge in [0.1, 0.15) is 0 Å². The molecule has 0 aliphatic heterocycles. The predicted molar refractivity (Wildman–Crippen MR) is 68.8 cm³/mol. The highest BCUT2D eigenvalue weighted by atomic mass is 16.1. The van der Waals surface area contributed by atoms with E-state index in [1.54, 1.807) is 6.92 Å². The second kappa shape index (κ2) is 4.41. The molecule has 2 aromatic rings. The predicted octanol–water partition coefficient (Wildman–Crippen LogP) is 2.44. The molecule has 0 spiro atoms. The first-order chi connectivity index (χ1) is 8.06. The van der Waals surface area contributed by atoms with E-state index >= 15 is 0 Å². The topological polar surface area (TPSA) is 57.8 Å². The Morgan fingerprint density at radius 3 is 2.35 bits per heavy atom. The molecular formula is C13H15N3O. The standard InChI is InChI=1S/C13H15N3O/c1-8-4-6-11(7-5-8)15-13-14-10(3)9(2)12(17)16-13/h4-7H,1-3H3,(H2,14,15,16,17). The molecule has 2 rings (SSSR count). The van der Waals surface area contributed by atoms with Crippen molar-refractivity contribution < 1.29 is 0 Å². The summed E-state index contributed by atoms with van der Waals surface area (Å²) in [6.07, 6.45) is 0. The van der Waals surface area contributed by atoms with Gasteiger partial charge in [-0.15, -0.1) is 0 Å². The van der Waals surface area contributed by atoms with E-state index in [4.69, 9.17) is 0 Å². The second-order valence-electron chi connectivity index (χ2n) is 4.12. The van der Waals surface area contributed by atoms with Crippen LogP contribution in [0.3, 0.4) is 0 Å². The molecule has 4 heteroatoms. The van der Waals surface area contributed by atoms with Gasteiger partial charge in [0, 0.05) is 16.9 Å². The van der Waals surface area contributed by atoms with Gasteiger partial charge in [-0.25, -0.2) is 4.98 Å². The molecule has 1 aromatic carbocycles. The number of nitrogens with one attached hydrogen (secondary N) is 2. The zero-order valence-electron chi connectivity index (χ0n) is 10.2. The van der Waals surface area contributed by atoms with E-state index in [2.05, 4.69) is 15.3 Å². The number of rotatable bonds is 2. The molecule has 0 unspecified atom stereocenters. The maximum Gasteiger partial charge on any atom is 0.255 e. The number of hydrogen-bond acceptors (Lipinski definition) is 3. The maximum absolute atomic E-state index is 11.6. The van der Waals surface area contributed by atoms with Crippen LogP contribution in [0.5, 0.6) is 0 Å². The molecule has 0 saturated heterocycles. The SMILES string of the molecule is Cc1ccc(Nc2nc(C)c(C)c(=O)[nH]2)cc1. The first-order valence-electron chi connectivity index (χ1n) is 5.47. The molecule has 0 saturated carbocycles. The quantitative estimate of drug-likeness (QED) is 0.831. The molecule has 1 heterocycles. The summed E-state index contributed by atoms with van der Waals surface area (Å²) < 4.78 is 0. The van der Waals surface area contributed by atoms with Crippen molar-refractivity contribution in [2.75, 3.05) is 5.32 Å². The van der Waals surface area contributed by atoms with Gasteiger partial charge in [0.25, 0.3) is 5.56 Å². The summed E-state index contributed by atoms with van der Waals surface area (Å²) >= 11 is 0. The van der Waals surface area contributed by atoms with E-state index in [0.717, 1.165) is 11.4 Å². The van der Waals surface area contributed by atoms with Crippen molar-refractivity contribution in [1.82, 2.24) is 9.97 Å². The third-order valence-corrected chi connectivity index (χ3v) is 2.71. The molecule has 0 radical (unpaired) electrons. The van der Waals surface area contributed by atoms with Gasteiger partial charge in [-0.2, -0.15) is 0 Å². The average molecular weight is 229 g/mol. The minimum atomic E-state index is -0.105. The normalized spacial score (nSPS) is 10.3. The van der Waals surface area contributed by atoms with Crippen molar-refractivity contribution in [3.05, 3.63) is 51.4 Å². The summed E-state index contributed by atoms with van der Waals surface area (Å²) in [6, 6.07) is 7.90. The summed E-state index contributed by atoms with van der Waals surface area (Å²) in [5.41, 5.74) is 3.38. The van der Waals surface area contributed by atoms with Crippen LogP contribution in [0.1, 0.15) is 16.8 Å². The number of H-pyrrole nitrogens is 1. The Bertz CT molecular complexity index is 585. The molecule has 0 fully saturated rings. The van der Waals surface area contributed by atoms with E-state index in [1.165, 1.54) is 5.56 Å². The number of aromatic nitrogens is 2. The summed E-state index contributed by atoms with van der Waals surface area (Å²) in [5.74, 6) is 0.474. The zero-order valence-corrected chi connectivity index (χ0v) is 10.2. The second-order valence-corrected chi connectivity index (χ2v) is 4.12. The molecule has 0 aliphatic rings. The van der Waals surface area contributed by atoms with Gasteiger partial charge < -0.3 is 5.32 Å². The van der Waals surface area contributed by atoms with Crippen LogP contribution in [0, 0.1) is 20.8 Å². The monoisotopic (exact) mass is 229 g/mol. The lowest BCUT2D eigenvalue weighted by atomic mass is 10.2. The van der Waals surface area contributed by atoms with E-state index in [9.17, 15) is 4.79 Å². The first-order valence-corrected chi connectivity index (χ1v) is 5.47. The van der Waals surface area contributed by atoms with Crippen molar-refractivity contribution in [2.24, 2.45) is 0 Å². The summed E-state index contributed by atoms with van der Waals surface area (Å²) in [7, 11) is 0. The van der Waals surface area contributed by atoms with Gasteiger partial charge in [0.15, 0.2) is 0 Å². The lowest BCUT2D eigenvalue weighted by Gasteiger charge is -2.07. The van der Waals surface area contributed by atoms with Gasteiger partial charge in [-0.05, 0) is 32.9 Å². The highest BCUT2D eigenvalue weighted by Gasteiger charge is 2.03. The maximum atomic E-state index is 11.6. The van der Waals surface area contributed by atoms with Gasteiger partial charge in [0.2, 0.25) is 5.95 Å². The van der Waals surface area contributed by atoms with Crippen LogP contribution >= 0.6 is 0 Å². The molecule has 0 amide bonds. The number of anilines is 2. The Morgan fingerprint density at radius 1 is 1.12 bits per heavy atom. The van der Waals surface area contributed by atoms with Crippen molar-refractivity contribution in [1.29, 1.82) is 0 Å². The number of nitrogens with zero attached hydrogens (tertiary/aromatic N) is 1. The summed E-state index contributed by atoms with van der Waals surface area (Å²) in [5, 5.41) is 3.07. The minimum absolute atomic E-state index is 0.105. The number of aryl methyl sites for hydroxylation is 2. The summed E-state index contributed by atoms with van der Waals surface area (Å²) in [4.78, 5) is 18.6. The molecular weight excluding hydrogens is 214 g/mol. The van der Waals surface area contributed by atoms with E-state index in [0.29, 0.717) is 11.5 Å². The largest absolute Gasteiger partial charge is 0.326 e. The smallest absolute Gasteiger partial charge is 0.255 e. The lowest BCUT2D eigenvalue weighted by Crippen LogP contribution is -2.15. The minimum Gasteiger partial charge on any atom is -0.326 e. The van der Waals surface area contributed by atoms with Gasteiger partial charge in [-0.3, -0.25) is 9.78 Å². The van der Waals surface area contributed by atoms with Crippen molar-refractivity contribution in [3.63, 3.8) is 0 Å². The van der Waals surface area contributed by atoms with Crippen LogP contribution in [-0.2, 0) is 0 Å². The average Bonchev–Trinajstić information content (AvgIpc) is 2.29. The first kappa shape index (κ1) is 11.4. The van der Waals surface area contributed by atoms with E-state index in [-0.39, 0.29) is 5.56 Å². The van der Waals surface area contributed by atoms with Crippen molar-refractivity contribution >= 4 is 11.6 Å². The molecule has 0 atom stereocenters. The Balaban J connectivity index is 2.30. The Morgan fingerprint density at radius 2 is 1.76 bits per heavy atom. The molecule has 2 N–H and O–H groups in total. The highest BCUT2D eigenvalue weighted by molar-refractivity contribution is 5.53. The Hall–Kier alpha value is -2.10. The molecule has 88 valence electrons. The van der Waals surface area contributed by atoms with E-state index in [1.807, 2.05) is 38.1 Å². The molecule has 4 nitrogen and oxygen atoms in total. The number of hydrogen-bond donors (Lipinski definition) is 2. The molecule has 1 aromatic heterocycles. The zero-order chi connectivity index (χ0) is 12.4. The van der Waals surface area contributed by atoms with Gasteiger partial charge >= 0.3 is 0 Å². The molecule has 0 bridgehead atoms.